The molecule has 1 aromatic rings. The molecule has 13 heavy (non-hydrogen) atoms. The molecular formula is C7H3FN2O2S. The lowest BCUT2D eigenvalue weighted by molar-refractivity contribution is -0.385. The van der Waals surface area contributed by atoms with E-state index in [1.54, 1.807) is 6.07 Å². The van der Waals surface area contributed by atoms with Crippen LogP contribution in [0.5, 0.6) is 0 Å². The van der Waals surface area contributed by atoms with Crippen molar-refractivity contribution in [3.63, 3.8) is 0 Å². The third kappa shape index (κ3) is 1.95. The number of non-ortho nitro benzene ring substituents is 1. The molecule has 0 heterocycles. The summed E-state index contributed by atoms with van der Waals surface area (Å²) < 4.78 is 12.2. The molecule has 0 bridgehead atoms. The molecule has 1 aromatic carbocycles. The fraction of sp³-hybridized carbons (Fsp3) is 0. The summed E-state index contributed by atoms with van der Waals surface area (Å²) in [4.78, 5) is 9.59. The van der Waals surface area contributed by atoms with Crippen molar-refractivity contribution in [2.24, 2.45) is 0 Å². The van der Waals surface area contributed by atoms with Crippen molar-refractivity contribution in [1.29, 1.82) is 5.26 Å². The first-order chi connectivity index (χ1) is 6.19. The molecule has 0 fully saturated rings. The molecule has 0 saturated heterocycles. The van der Waals surface area contributed by atoms with Crippen LogP contribution in [0.1, 0.15) is 5.56 Å². The number of nitro benzene ring substituents is 1. The molecule has 4 nitrogen and oxygen atoms in total. The number of hydrogen-bond acceptors (Lipinski definition) is 4. The summed E-state index contributed by atoms with van der Waals surface area (Å²) in [5.41, 5.74) is -0.128. The van der Waals surface area contributed by atoms with Gasteiger partial charge in [-0.2, -0.15) is 9.15 Å². The van der Waals surface area contributed by atoms with Gasteiger partial charge in [0.15, 0.2) is 0 Å². The van der Waals surface area contributed by atoms with E-state index in [1.165, 1.54) is 6.07 Å². The van der Waals surface area contributed by atoms with Gasteiger partial charge >= 0.3 is 0 Å². The minimum Gasteiger partial charge on any atom is -0.258 e. The quantitative estimate of drug-likeness (QED) is 0.540. The van der Waals surface area contributed by atoms with Gasteiger partial charge < -0.3 is 0 Å². The van der Waals surface area contributed by atoms with Crippen LogP contribution >= 0.6 is 12.1 Å². The first kappa shape index (κ1) is 9.48. The first-order valence-electron chi connectivity index (χ1n) is 3.16. The number of nitro groups is 1. The SMILES string of the molecule is N#Cc1ccc([N+](=O)[O-])cc1SF. The van der Waals surface area contributed by atoms with Crippen molar-refractivity contribution in [3.8, 4) is 6.07 Å². The fourth-order valence-corrected chi connectivity index (χ4v) is 1.14. The number of benzene rings is 1. The number of halogens is 1. The maximum absolute atomic E-state index is 12.2. The second kappa shape index (κ2) is 3.87. The summed E-state index contributed by atoms with van der Waals surface area (Å²) in [6.07, 6.45) is 0. The number of rotatable bonds is 2. The van der Waals surface area contributed by atoms with Crippen molar-refractivity contribution in [2.75, 3.05) is 0 Å². The Hall–Kier alpha value is -1.61. The van der Waals surface area contributed by atoms with Gasteiger partial charge in [0, 0.05) is 12.1 Å². The van der Waals surface area contributed by atoms with Gasteiger partial charge in [-0.15, -0.1) is 0 Å². The summed E-state index contributed by atoms with van der Waals surface area (Å²) in [6, 6.07) is 5.15. The zero-order chi connectivity index (χ0) is 9.84. The summed E-state index contributed by atoms with van der Waals surface area (Å²) in [5, 5.41) is 18.7. The molecule has 0 aliphatic heterocycles. The maximum atomic E-state index is 12.2. The van der Waals surface area contributed by atoms with Gasteiger partial charge in [-0.3, -0.25) is 10.1 Å². The highest BCUT2D eigenvalue weighted by atomic mass is 32.2. The minimum absolute atomic E-state index is 0.0308. The van der Waals surface area contributed by atoms with Crippen molar-refractivity contribution in [3.05, 3.63) is 33.9 Å². The van der Waals surface area contributed by atoms with Crippen LogP contribution in [0.25, 0.3) is 0 Å². The van der Waals surface area contributed by atoms with Crippen LogP contribution in [0.3, 0.4) is 0 Å². The number of nitrogens with zero attached hydrogens (tertiary/aromatic N) is 2. The van der Waals surface area contributed by atoms with Gasteiger partial charge in [0.2, 0.25) is 0 Å². The summed E-state index contributed by atoms with van der Waals surface area (Å²) in [6.45, 7) is 0. The third-order valence-corrected chi connectivity index (χ3v) is 1.88. The standard InChI is InChI=1S/C7H3FN2O2S/c8-13-7-3-6(10(11)12)2-1-5(7)4-9/h1-3H. The lowest BCUT2D eigenvalue weighted by Crippen LogP contribution is -1.89. The van der Waals surface area contributed by atoms with Crippen LogP contribution < -0.4 is 0 Å². The zero-order valence-corrected chi connectivity index (χ0v) is 7.05. The van der Waals surface area contributed by atoms with Crippen molar-refractivity contribution < 1.29 is 8.81 Å². The molecule has 0 radical (unpaired) electrons. The Balaban J connectivity index is 3.23. The van der Waals surface area contributed by atoms with E-state index in [1.807, 2.05) is 0 Å². The van der Waals surface area contributed by atoms with Crippen molar-refractivity contribution >= 4 is 17.8 Å². The minimum atomic E-state index is -0.638. The fourth-order valence-electron chi connectivity index (χ4n) is 0.781. The Kier molecular flexibility index (Phi) is 2.82. The average molecular weight is 198 g/mol. The molecule has 0 saturated carbocycles. The molecule has 0 atom stereocenters. The highest BCUT2D eigenvalue weighted by molar-refractivity contribution is 7.94. The molecule has 6 heteroatoms. The molecule has 1 rings (SSSR count). The molecule has 0 unspecified atom stereocenters. The maximum Gasteiger partial charge on any atom is 0.270 e. The van der Waals surface area contributed by atoms with E-state index in [0.717, 1.165) is 12.1 Å². The van der Waals surface area contributed by atoms with Crippen LogP contribution in [0.2, 0.25) is 0 Å². The Morgan fingerprint density at radius 1 is 1.62 bits per heavy atom. The highest BCUT2D eigenvalue weighted by Gasteiger charge is 2.10. The second-order valence-electron chi connectivity index (χ2n) is 2.13. The van der Waals surface area contributed by atoms with E-state index in [0.29, 0.717) is 0 Å². The highest BCUT2D eigenvalue weighted by Crippen LogP contribution is 2.27. The van der Waals surface area contributed by atoms with Crippen LogP contribution in [0.4, 0.5) is 9.57 Å². The second-order valence-corrected chi connectivity index (χ2v) is 2.72. The lowest BCUT2D eigenvalue weighted by Gasteiger charge is -1.95. The molecule has 0 spiro atoms. The van der Waals surface area contributed by atoms with Crippen molar-refractivity contribution in [2.45, 2.75) is 4.90 Å². The van der Waals surface area contributed by atoms with E-state index >= 15 is 0 Å². The number of nitriles is 1. The Morgan fingerprint density at radius 3 is 2.77 bits per heavy atom. The first-order valence-corrected chi connectivity index (χ1v) is 3.88. The molecule has 0 amide bonds. The Labute approximate surface area is 77.4 Å². The lowest BCUT2D eigenvalue weighted by atomic mass is 10.2. The Bertz CT molecular complexity index is 389. The number of hydrogen-bond donors (Lipinski definition) is 0. The van der Waals surface area contributed by atoms with Gasteiger partial charge in [0.25, 0.3) is 5.69 Å². The Morgan fingerprint density at radius 2 is 2.31 bits per heavy atom. The summed E-state index contributed by atoms with van der Waals surface area (Å²) >= 11 is -0.175. The smallest absolute Gasteiger partial charge is 0.258 e. The van der Waals surface area contributed by atoms with Crippen LogP contribution in [-0.4, -0.2) is 4.92 Å². The van der Waals surface area contributed by atoms with Gasteiger partial charge in [-0.1, -0.05) is 0 Å². The van der Waals surface area contributed by atoms with E-state index in [4.69, 9.17) is 5.26 Å². The van der Waals surface area contributed by atoms with Gasteiger partial charge in [0.05, 0.1) is 27.5 Å². The predicted octanol–water partition coefficient (Wildman–Crippen LogP) is 2.44. The van der Waals surface area contributed by atoms with E-state index in [9.17, 15) is 14.0 Å². The molecule has 0 aromatic heterocycles. The van der Waals surface area contributed by atoms with Gasteiger partial charge in [0.1, 0.15) is 6.07 Å². The van der Waals surface area contributed by atoms with E-state index in [2.05, 4.69) is 0 Å². The normalized spacial score (nSPS) is 9.23. The summed E-state index contributed by atoms with van der Waals surface area (Å²) in [7, 11) is 0. The third-order valence-electron chi connectivity index (χ3n) is 1.38. The van der Waals surface area contributed by atoms with E-state index in [-0.39, 0.29) is 28.3 Å². The molecule has 0 aliphatic carbocycles. The van der Waals surface area contributed by atoms with E-state index < -0.39 is 4.92 Å². The average Bonchev–Trinajstić information content (AvgIpc) is 2.16. The molecule has 0 aliphatic rings. The van der Waals surface area contributed by atoms with Crippen LogP contribution in [0.15, 0.2) is 23.1 Å². The topological polar surface area (TPSA) is 66.9 Å². The van der Waals surface area contributed by atoms with Gasteiger partial charge in [-0.05, 0) is 6.07 Å². The van der Waals surface area contributed by atoms with Gasteiger partial charge in [-0.25, -0.2) is 0 Å². The van der Waals surface area contributed by atoms with Crippen LogP contribution in [0, 0.1) is 21.4 Å². The molecule has 0 N–H and O–H groups in total. The largest absolute Gasteiger partial charge is 0.270 e. The zero-order valence-electron chi connectivity index (χ0n) is 6.23. The summed E-state index contributed by atoms with van der Waals surface area (Å²) in [5.74, 6) is 0. The molecular weight excluding hydrogens is 195 g/mol. The van der Waals surface area contributed by atoms with Crippen molar-refractivity contribution in [1.82, 2.24) is 0 Å². The van der Waals surface area contributed by atoms with Crippen LogP contribution in [-0.2, 0) is 0 Å². The monoisotopic (exact) mass is 198 g/mol. The molecule has 66 valence electrons. The predicted molar refractivity (Wildman–Crippen MR) is 44.8 cm³/mol.